The molecule has 0 atom stereocenters. The standard InChI is InChI=1S/C18H25N2O9/c1-3-4-17(22)20(14-21)29-18(23)13-26-10-9-25-11-12-27-15-5-7-16(8-6-15)28-19(2)24/h5-8,14H,3-4,9-13H2,1-2H3/q+1. The molecule has 0 saturated heterocycles. The second kappa shape index (κ2) is 14.0. The normalized spacial score (nSPS) is 10.1. The number of hydrogen-bond acceptors (Lipinski definition) is 9. The van der Waals surface area contributed by atoms with Crippen molar-refractivity contribution in [3.8, 4) is 11.5 Å². The molecular formula is C18H25N2O9+. The molecule has 11 nitrogen and oxygen atoms in total. The molecule has 0 N–H and O–H groups in total. The molecule has 0 bridgehead atoms. The maximum absolute atomic E-state index is 11.5. The summed E-state index contributed by atoms with van der Waals surface area (Å²) < 4.78 is 15.8. The van der Waals surface area contributed by atoms with E-state index < -0.39 is 18.5 Å². The highest BCUT2D eigenvalue weighted by Gasteiger charge is 2.17. The van der Waals surface area contributed by atoms with E-state index in [2.05, 4.69) is 4.84 Å². The molecule has 0 spiro atoms. The average Bonchev–Trinajstić information content (AvgIpc) is 2.69. The maximum Gasteiger partial charge on any atom is 0.358 e. The quantitative estimate of drug-likeness (QED) is 0.250. The Hall–Kier alpha value is -3.05. The maximum atomic E-state index is 11.5. The first-order valence-corrected chi connectivity index (χ1v) is 8.91. The van der Waals surface area contributed by atoms with Crippen LogP contribution in [0.3, 0.4) is 0 Å². The first-order chi connectivity index (χ1) is 14.0. The van der Waals surface area contributed by atoms with Crippen LogP contribution < -0.4 is 9.57 Å². The minimum absolute atomic E-state index is 0.0954. The molecule has 0 aliphatic carbocycles. The van der Waals surface area contributed by atoms with Crippen LogP contribution in [0.15, 0.2) is 24.3 Å². The molecule has 0 unspecified atom stereocenters. The highest BCUT2D eigenvalue weighted by atomic mass is 16.8. The summed E-state index contributed by atoms with van der Waals surface area (Å²) in [5.74, 6) is -0.474. The Morgan fingerprint density at radius 2 is 1.66 bits per heavy atom. The second-order valence-corrected chi connectivity index (χ2v) is 5.55. The molecule has 0 aromatic heterocycles. The van der Waals surface area contributed by atoms with Gasteiger partial charge in [-0.25, -0.2) is 4.79 Å². The van der Waals surface area contributed by atoms with E-state index in [1.165, 1.54) is 7.05 Å². The van der Waals surface area contributed by atoms with Gasteiger partial charge in [0.1, 0.15) is 19.0 Å². The summed E-state index contributed by atoms with van der Waals surface area (Å²) in [4.78, 5) is 54.2. The topological polar surface area (TPSA) is 121 Å². The summed E-state index contributed by atoms with van der Waals surface area (Å²) in [6.45, 7) is 2.25. The lowest BCUT2D eigenvalue weighted by atomic mass is 10.3. The zero-order valence-corrected chi connectivity index (χ0v) is 16.4. The minimum atomic E-state index is -0.861. The van der Waals surface area contributed by atoms with Crippen molar-refractivity contribution in [2.24, 2.45) is 0 Å². The third kappa shape index (κ3) is 10.8. The average molecular weight is 413 g/mol. The van der Waals surface area contributed by atoms with Crippen LogP contribution in [0.2, 0.25) is 0 Å². The van der Waals surface area contributed by atoms with Crippen LogP contribution in [0.4, 0.5) is 0 Å². The van der Waals surface area contributed by atoms with E-state index >= 15 is 0 Å². The van der Waals surface area contributed by atoms with E-state index in [1.807, 2.05) is 0 Å². The van der Waals surface area contributed by atoms with Gasteiger partial charge in [-0.2, -0.15) is 4.84 Å². The molecule has 0 fully saturated rings. The first kappa shape index (κ1) is 24.0. The number of hydroxylamine groups is 2. The van der Waals surface area contributed by atoms with Gasteiger partial charge in [0.05, 0.1) is 24.7 Å². The zero-order valence-electron chi connectivity index (χ0n) is 16.4. The fourth-order valence-electron chi connectivity index (χ4n) is 1.93. The highest BCUT2D eigenvalue weighted by molar-refractivity contribution is 5.86. The molecular weight excluding hydrogens is 388 g/mol. The van der Waals surface area contributed by atoms with Gasteiger partial charge in [-0.3, -0.25) is 9.59 Å². The minimum Gasteiger partial charge on any atom is -0.491 e. The number of carbonyl (C=O) groups is 3. The number of benzene rings is 1. The molecule has 160 valence electrons. The number of imide groups is 1. The van der Waals surface area contributed by atoms with Gasteiger partial charge in [0.15, 0.2) is 0 Å². The fraction of sp³-hybridized carbons (Fsp3) is 0.500. The molecule has 0 aliphatic heterocycles. The molecule has 0 saturated carbocycles. The van der Waals surface area contributed by atoms with Crippen molar-refractivity contribution < 1.29 is 43.2 Å². The van der Waals surface area contributed by atoms with Crippen molar-refractivity contribution in [1.82, 2.24) is 5.06 Å². The van der Waals surface area contributed by atoms with E-state index in [-0.39, 0.29) is 32.7 Å². The summed E-state index contributed by atoms with van der Waals surface area (Å²) >= 11 is 0. The van der Waals surface area contributed by atoms with Crippen LogP contribution in [0, 0.1) is 4.91 Å². The number of rotatable bonds is 14. The van der Waals surface area contributed by atoms with Crippen molar-refractivity contribution in [2.75, 3.05) is 40.1 Å². The molecule has 0 heterocycles. The smallest absolute Gasteiger partial charge is 0.358 e. The van der Waals surface area contributed by atoms with Crippen LogP contribution >= 0.6 is 0 Å². The highest BCUT2D eigenvalue weighted by Crippen LogP contribution is 2.17. The Kier molecular flexibility index (Phi) is 11.6. The Bertz CT molecular complexity index is 664. The zero-order chi connectivity index (χ0) is 21.5. The predicted molar refractivity (Wildman–Crippen MR) is 97.7 cm³/mol. The molecule has 0 aliphatic rings. The van der Waals surface area contributed by atoms with E-state index in [4.69, 9.17) is 19.0 Å². The Labute approximate surface area is 167 Å². The number of hydrogen-bond donors (Lipinski definition) is 0. The fourth-order valence-corrected chi connectivity index (χ4v) is 1.93. The first-order valence-electron chi connectivity index (χ1n) is 8.91. The molecule has 1 aromatic carbocycles. The molecule has 1 rings (SSSR count). The van der Waals surface area contributed by atoms with E-state index in [1.54, 1.807) is 31.2 Å². The number of nitrogens with zero attached hydrogens (tertiary/aromatic N) is 2. The van der Waals surface area contributed by atoms with Crippen molar-refractivity contribution in [3.05, 3.63) is 29.2 Å². The lowest BCUT2D eigenvalue weighted by molar-refractivity contribution is -0.740. The largest absolute Gasteiger partial charge is 0.491 e. The van der Waals surface area contributed by atoms with Crippen LogP contribution in [0.5, 0.6) is 11.5 Å². The summed E-state index contributed by atoms with van der Waals surface area (Å²) in [5, 5.41) is 0.362. The van der Waals surface area contributed by atoms with Crippen molar-refractivity contribution >= 4 is 18.3 Å². The van der Waals surface area contributed by atoms with Gasteiger partial charge in [0, 0.05) is 6.42 Å². The van der Waals surface area contributed by atoms with E-state index in [9.17, 15) is 19.3 Å². The summed E-state index contributed by atoms with van der Waals surface area (Å²) in [6.07, 6.45) is 0.761. The SMILES string of the molecule is CCCC(=O)N(C=O)OC(=O)COCCOCCOc1ccc(O[N+](C)=O)cc1. The van der Waals surface area contributed by atoms with Gasteiger partial charge >= 0.3 is 5.97 Å². The van der Waals surface area contributed by atoms with E-state index in [0.29, 0.717) is 34.5 Å². The van der Waals surface area contributed by atoms with Crippen LogP contribution in [0.1, 0.15) is 19.8 Å². The second-order valence-electron chi connectivity index (χ2n) is 5.55. The third-order valence-electron chi connectivity index (χ3n) is 3.15. The van der Waals surface area contributed by atoms with Crippen molar-refractivity contribution in [2.45, 2.75) is 19.8 Å². The summed E-state index contributed by atoms with van der Waals surface area (Å²) in [6, 6.07) is 6.50. The number of ether oxygens (including phenoxy) is 3. The van der Waals surface area contributed by atoms with Gasteiger partial charge in [0.2, 0.25) is 17.7 Å². The van der Waals surface area contributed by atoms with Gasteiger partial charge in [-0.05, 0) is 30.7 Å². The predicted octanol–water partition coefficient (Wildman–Crippen LogP) is 1.04. The molecule has 11 heteroatoms. The summed E-state index contributed by atoms with van der Waals surface area (Å²) in [5.41, 5.74) is 0. The monoisotopic (exact) mass is 413 g/mol. The van der Waals surface area contributed by atoms with Gasteiger partial charge < -0.3 is 19.0 Å². The van der Waals surface area contributed by atoms with Crippen LogP contribution in [0.25, 0.3) is 0 Å². The third-order valence-corrected chi connectivity index (χ3v) is 3.15. The number of carbonyl (C=O) groups excluding carboxylic acids is 3. The van der Waals surface area contributed by atoms with Gasteiger partial charge in [-0.15, -0.1) is 5.06 Å². The Morgan fingerprint density at radius 1 is 1.03 bits per heavy atom. The summed E-state index contributed by atoms with van der Waals surface area (Å²) in [7, 11) is 1.24. The Balaban J connectivity index is 2.08. The van der Waals surface area contributed by atoms with Gasteiger partial charge in [-0.1, -0.05) is 6.92 Å². The van der Waals surface area contributed by atoms with Crippen LogP contribution in [-0.2, 0) is 28.7 Å². The molecule has 0 radical (unpaired) electrons. The lowest BCUT2D eigenvalue weighted by Crippen LogP contribution is -2.33. The van der Waals surface area contributed by atoms with Gasteiger partial charge in [0.25, 0.3) is 12.3 Å². The molecule has 1 aromatic rings. The molecule has 29 heavy (non-hydrogen) atoms. The molecule has 2 amide bonds. The lowest BCUT2D eigenvalue weighted by Gasteiger charge is -2.13. The van der Waals surface area contributed by atoms with Crippen molar-refractivity contribution in [1.29, 1.82) is 0 Å². The number of amides is 2. The van der Waals surface area contributed by atoms with Crippen LogP contribution in [-0.4, -0.2) is 68.4 Å². The van der Waals surface area contributed by atoms with Crippen molar-refractivity contribution in [3.63, 3.8) is 0 Å². The van der Waals surface area contributed by atoms with E-state index in [0.717, 1.165) is 0 Å². The Morgan fingerprint density at radius 3 is 2.28 bits per heavy atom.